The highest BCUT2D eigenvalue weighted by Crippen LogP contribution is 2.17. The molecule has 0 aliphatic heterocycles. The third-order valence-electron chi connectivity index (χ3n) is 2.18. The van der Waals surface area contributed by atoms with Crippen molar-refractivity contribution in [2.75, 3.05) is 26.8 Å². The number of likely N-dealkylation sites (N-methyl/N-ethyl adjacent to an activating group) is 1. The Kier molecular flexibility index (Phi) is 6.43. The summed E-state index contributed by atoms with van der Waals surface area (Å²) in [6.45, 7) is 3.61. The van der Waals surface area contributed by atoms with Gasteiger partial charge in [-0.15, -0.1) is 0 Å². The van der Waals surface area contributed by atoms with Crippen LogP contribution in [-0.4, -0.2) is 38.0 Å². The Balaban J connectivity index is 2.34. The van der Waals surface area contributed by atoms with Crippen LogP contribution in [0, 0.1) is 0 Å². The molecule has 0 fully saturated rings. The Morgan fingerprint density at radius 2 is 1.76 bits per heavy atom. The molecule has 0 bridgehead atoms. The molecule has 0 saturated carbocycles. The summed E-state index contributed by atoms with van der Waals surface area (Å²) in [5, 5.41) is 12.4. The van der Waals surface area contributed by atoms with Gasteiger partial charge in [0.25, 0.3) is 0 Å². The molecule has 1 aromatic rings. The first kappa shape index (κ1) is 13.8. The van der Waals surface area contributed by atoms with Gasteiger partial charge in [0.05, 0.1) is 6.61 Å². The lowest BCUT2D eigenvalue weighted by molar-refractivity contribution is 0.108. The second-order valence-corrected chi connectivity index (χ2v) is 3.84. The molecule has 2 N–H and O–H groups in total. The van der Waals surface area contributed by atoms with Crippen molar-refractivity contribution in [1.82, 2.24) is 5.32 Å². The molecule has 4 heteroatoms. The number of nitrogens with one attached hydrogen (secondary N) is 1. The summed E-state index contributed by atoms with van der Waals surface area (Å²) in [6, 6.07) is 7.43. The largest absolute Gasteiger partial charge is 0.494 e. The Labute approximate surface area is 103 Å². The molecule has 17 heavy (non-hydrogen) atoms. The third-order valence-corrected chi connectivity index (χ3v) is 2.18. The lowest BCUT2D eigenvalue weighted by atomic mass is 10.3. The van der Waals surface area contributed by atoms with Gasteiger partial charge in [0, 0.05) is 6.54 Å². The van der Waals surface area contributed by atoms with E-state index in [1.165, 1.54) is 0 Å². The molecule has 0 saturated heterocycles. The van der Waals surface area contributed by atoms with Crippen LogP contribution >= 0.6 is 0 Å². The zero-order valence-corrected chi connectivity index (χ0v) is 10.5. The van der Waals surface area contributed by atoms with Gasteiger partial charge in [-0.3, -0.25) is 0 Å². The van der Waals surface area contributed by atoms with E-state index in [1.54, 1.807) is 7.05 Å². The van der Waals surface area contributed by atoms with Crippen molar-refractivity contribution < 1.29 is 14.6 Å². The van der Waals surface area contributed by atoms with E-state index >= 15 is 0 Å². The lowest BCUT2D eigenvalue weighted by Crippen LogP contribution is -2.29. The van der Waals surface area contributed by atoms with E-state index in [-0.39, 0.29) is 6.61 Å². The molecule has 1 aromatic carbocycles. The molecule has 0 spiro atoms. The number of benzene rings is 1. The van der Waals surface area contributed by atoms with Gasteiger partial charge in [-0.25, -0.2) is 0 Å². The molecule has 0 amide bonds. The van der Waals surface area contributed by atoms with Crippen LogP contribution in [0.2, 0.25) is 0 Å². The number of hydrogen-bond donors (Lipinski definition) is 2. The second-order valence-electron chi connectivity index (χ2n) is 3.84. The summed E-state index contributed by atoms with van der Waals surface area (Å²) in [7, 11) is 1.79. The van der Waals surface area contributed by atoms with E-state index < -0.39 is 6.10 Å². The first-order chi connectivity index (χ1) is 8.26. The van der Waals surface area contributed by atoms with Crippen LogP contribution in [-0.2, 0) is 0 Å². The van der Waals surface area contributed by atoms with Crippen molar-refractivity contribution in [3.63, 3.8) is 0 Å². The minimum absolute atomic E-state index is 0.288. The second kappa shape index (κ2) is 7.92. The molecule has 0 aliphatic rings. The monoisotopic (exact) mass is 239 g/mol. The summed E-state index contributed by atoms with van der Waals surface area (Å²) in [5.41, 5.74) is 0. The van der Waals surface area contributed by atoms with E-state index in [0.717, 1.165) is 24.5 Å². The van der Waals surface area contributed by atoms with Gasteiger partial charge in [0.1, 0.15) is 24.2 Å². The van der Waals surface area contributed by atoms with Crippen molar-refractivity contribution >= 4 is 0 Å². The van der Waals surface area contributed by atoms with Crippen molar-refractivity contribution in [2.45, 2.75) is 19.4 Å². The Bertz CT molecular complexity index is 300. The van der Waals surface area contributed by atoms with Crippen LogP contribution in [0.15, 0.2) is 24.3 Å². The molecule has 1 unspecified atom stereocenters. The maximum atomic E-state index is 9.47. The maximum Gasteiger partial charge on any atom is 0.119 e. The fourth-order valence-corrected chi connectivity index (χ4v) is 1.34. The van der Waals surface area contributed by atoms with Crippen LogP contribution in [0.3, 0.4) is 0 Å². The predicted octanol–water partition coefficient (Wildman–Crippen LogP) is 1.43. The number of hydrogen-bond acceptors (Lipinski definition) is 4. The smallest absolute Gasteiger partial charge is 0.119 e. The topological polar surface area (TPSA) is 50.7 Å². The highest BCUT2D eigenvalue weighted by Gasteiger charge is 2.03. The van der Waals surface area contributed by atoms with E-state index in [9.17, 15) is 5.11 Å². The molecule has 1 atom stereocenters. The highest BCUT2D eigenvalue weighted by molar-refractivity contribution is 5.31. The number of aliphatic hydroxyl groups is 1. The van der Waals surface area contributed by atoms with E-state index in [0.29, 0.717) is 6.54 Å². The van der Waals surface area contributed by atoms with E-state index in [4.69, 9.17) is 9.47 Å². The van der Waals surface area contributed by atoms with Crippen LogP contribution in [0.25, 0.3) is 0 Å². The van der Waals surface area contributed by atoms with Crippen LogP contribution in [0.5, 0.6) is 11.5 Å². The van der Waals surface area contributed by atoms with Gasteiger partial charge in [-0.2, -0.15) is 0 Å². The number of aliphatic hydroxyl groups excluding tert-OH is 1. The van der Waals surface area contributed by atoms with E-state index in [1.807, 2.05) is 24.3 Å². The minimum atomic E-state index is -0.490. The van der Waals surface area contributed by atoms with Gasteiger partial charge >= 0.3 is 0 Å². The predicted molar refractivity (Wildman–Crippen MR) is 67.7 cm³/mol. The van der Waals surface area contributed by atoms with Gasteiger partial charge < -0.3 is 19.9 Å². The molecule has 0 radical (unpaired) electrons. The minimum Gasteiger partial charge on any atom is -0.494 e. The molecule has 0 heterocycles. The molecular formula is C13H21NO3. The van der Waals surface area contributed by atoms with Gasteiger partial charge in [-0.05, 0) is 37.7 Å². The summed E-state index contributed by atoms with van der Waals surface area (Å²) in [5.74, 6) is 1.58. The molecule has 4 nitrogen and oxygen atoms in total. The lowest BCUT2D eigenvalue weighted by Gasteiger charge is -2.12. The highest BCUT2D eigenvalue weighted by atomic mass is 16.5. The van der Waals surface area contributed by atoms with Gasteiger partial charge in [0.2, 0.25) is 0 Å². The molecule has 1 rings (SSSR count). The van der Waals surface area contributed by atoms with Crippen molar-refractivity contribution in [2.24, 2.45) is 0 Å². The summed E-state index contributed by atoms with van der Waals surface area (Å²) in [6.07, 6.45) is 0.505. The quantitative estimate of drug-likeness (QED) is 0.720. The average Bonchev–Trinajstić information content (AvgIpc) is 2.35. The Morgan fingerprint density at radius 3 is 2.29 bits per heavy atom. The Hall–Kier alpha value is -1.26. The van der Waals surface area contributed by atoms with Gasteiger partial charge in [-0.1, -0.05) is 6.92 Å². The fraction of sp³-hybridized carbons (Fsp3) is 0.538. The molecule has 0 aromatic heterocycles. The third kappa shape index (κ3) is 5.56. The number of ether oxygens (including phenoxy) is 2. The van der Waals surface area contributed by atoms with Crippen molar-refractivity contribution in [3.8, 4) is 11.5 Å². The van der Waals surface area contributed by atoms with Crippen LogP contribution in [0.4, 0.5) is 0 Å². The molecule has 0 aliphatic carbocycles. The zero-order chi connectivity index (χ0) is 12.5. The van der Waals surface area contributed by atoms with Crippen molar-refractivity contribution in [1.29, 1.82) is 0 Å². The fourth-order valence-electron chi connectivity index (χ4n) is 1.34. The first-order valence-electron chi connectivity index (χ1n) is 5.94. The molecular weight excluding hydrogens is 218 g/mol. The van der Waals surface area contributed by atoms with Crippen LogP contribution < -0.4 is 14.8 Å². The summed E-state index contributed by atoms with van der Waals surface area (Å²) in [4.78, 5) is 0. The first-order valence-corrected chi connectivity index (χ1v) is 5.94. The van der Waals surface area contributed by atoms with Gasteiger partial charge in [0.15, 0.2) is 0 Å². The zero-order valence-electron chi connectivity index (χ0n) is 10.5. The molecule has 96 valence electrons. The maximum absolute atomic E-state index is 9.47. The standard InChI is InChI=1S/C13H21NO3/c1-3-8-16-12-4-6-13(7-5-12)17-10-11(15)9-14-2/h4-7,11,14-15H,3,8-10H2,1-2H3. The average molecular weight is 239 g/mol. The summed E-state index contributed by atoms with van der Waals surface area (Å²) < 4.78 is 10.9. The Morgan fingerprint density at radius 1 is 1.18 bits per heavy atom. The van der Waals surface area contributed by atoms with E-state index in [2.05, 4.69) is 12.2 Å². The SMILES string of the molecule is CCCOc1ccc(OCC(O)CNC)cc1. The van der Waals surface area contributed by atoms with Crippen molar-refractivity contribution in [3.05, 3.63) is 24.3 Å². The van der Waals surface area contributed by atoms with Crippen LogP contribution in [0.1, 0.15) is 13.3 Å². The summed E-state index contributed by atoms with van der Waals surface area (Å²) >= 11 is 0. The normalized spacial score (nSPS) is 12.2. The number of rotatable bonds is 8.